The number of methoxy groups -OCH3 is 2. The number of nitrogens with one attached hydrogen (secondary N) is 4. The first-order valence-electron chi connectivity index (χ1n) is 26.2. The number of pyridine rings is 1. The van der Waals surface area contributed by atoms with Crippen molar-refractivity contribution in [1.82, 2.24) is 56.2 Å². The Hall–Kier alpha value is -7.80. The van der Waals surface area contributed by atoms with E-state index in [2.05, 4.69) is 43.4 Å². The summed E-state index contributed by atoms with van der Waals surface area (Å²) in [6.07, 6.45) is 2.38. The second-order valence-electron chi connectivity index (χ2n) is 19.1. The van der Waals surface area contributed by atoms with Gasteiger partial charge in [-0.3, -0.25) is 33.7 Å². The summed E-state index contributed by atoms with van der Waals surface area (Å²) in [5.41, 5.74) is 9.30. The number of aromatic nitrogens is 7. The number of carbonyl (C=O) groups excluding carboxylic acids is 6. The van der Waals surface area contributed by atoms with Crippen LogP contribution >= 0.6 is 68.0 Å². The van der Waals surface area contributed by atoms with Crippen LogP contribution < -0.4 is 31.9 Å². The van der Waals surface area contributed by atoms with E-state index in [4.69, 9.17) is 45.2 Å². The van der Waals surface area contributed by atoms with Gasteiger partial charge in [-0.2, -0.15) is 0 Å². The predicted octanol–water partition coefficient (Wildman–Crippen LogP) is 8.90. The largest absolute Gasteiger partial charge is 0.481 e. The highest BCUT2D eigenvalue weighted by molar-refractivity contribution is 7.15. The number of aryl methyl sites for hydroxylation is 3. The van der Waals surface area contributed by atoms with E-state index in [1.54, 1.807) is 35.1 Å². The summed E-state index contributed by atoms with van der Waals surface area (Å²) in [6, 6.07) is 12.1. The maximum Gasteiger partial charge on any atom is 0.415 e. The number of rotatable bonds is 28. The molecule has 0 fully saturated rings. The average Bonchev–Trinajstić information content (AvgIpc) is 2.58. The molecule has 8 rings (SSSR count). The first-order chi connectivity index (χ1) is 40.4. The molecule has 8 aromatic rings. The van der Waals surface area contributed by atoms with Gasteiger partial charge in [0.25, 0.3) is 17.7 Å². The van der Waals surface area contributed by atoms with E-state index in [1.165, 1.54) is 77.1 Å². The molecule has 23 nitrogen and oxygen atoms in total. The van der Waals surface area contributed by atoms with Gasteiger partial charge < -0.3 is 41.6 Å². The molecule has 1 aromatic carbocycles. The number of amides is 6. The Balaban J connectivity index is 1.06. The van der Waals surface area contributed by atoms with Gasteiger partial charge in [0.2, 0.25) is 11.8 Å². The summed E-state index contributed by atoms with van der Waals surface area (Å²) in [4.78, 5) is 126. The number of anilines is 1. The molecule has 84 heavy (non-hydrogen) atoms. The molecule has 440 valence electrons. The highest BCUT2D eigenvalue weighted by Gasteiger charge is 2.31. The van der Waals surface area contributed by atoms with Crippen molar-refractivity contribution in [2.75, 3.05) is 39.3 Å². The van der Waals surface area contributed by atoms with E-state index in [9.17, 15) is 33.6 Å². The van der Waals surface area contributed by atoms with Crippen LogP contribution in [0.4, 0.5) is 10.6 Å². The number of unbranched alkanes of at least 4 members (excludes halogenated alkanes) is 2. The second kappa shape index (κ2) is 29.1. The predicted molar refractivity (Wildman–Crippen MR) is 324 cm³/mol. The number of carboxylic acids is 1. The van der Waals surface area contributed by atoms with Crippen LogP contribution in [-0.2, 0) is 43.3 Å². The zero-order chi connectivity index (χ0) is 60.0. The number of nitrogens with zero attached hydrogens (tertiary/aromatic N) is 8. The van der Waals surface area contributed by atoms with Crippen LogP contribution in [0, 0.1) is 12.8 Å². The summed E-state index contributed by atoms with van der Waals surface area (Å²) in [7, 11) is 4.22. The zero-order valence-electron chi connectivity index (χ0n) is 46.4. The number of carbonyl (C=O) groups is 7. The van der Waals surface area contributed by atoms with Gasteiger partial charge in [0.05, 0.1) is 54.3 Å². The lowest BCUT2D eigenvalue weighted by Gasteiger charge is -2.20. The quantitative estimate of drug-likeness (QED) is 0.0249. The molecule has 0 saturated carbocycles. The first kappa shape index (κ1) is 62.3. The standard InChI is InChI=1S/C55H59N13O10S6/c1-28(2)43(54-67-46(37(84-54)23-77-5)48(74)58-22-38(56)69)65-49(75)44-29(3)83-53(66-44)33(21-40(70)57-4)61-47(73)35-25-80-50(63-35)31-17-18-32(51-64-39(27-82-51)68(55(76)78-6)20-12-8-11-15-42(71)72)60-45(31)34-24-81-52(62-34)36-26-79-41(59-36)19-16-30-13-9-7-10-14-30/h7,9-10,13-14,17-18,24-28,33,43H,8,11-12,15-16,19-23H2,1-6H3,(H2,56,69)(H,57,70)(H,58,74)(H,61,73)(H,65,75)(H,71,72)/t33-,43?/m0/s1. The smallest absolute Gasteiger partial charge is 0.415 e. The second-order valence-corrected chi connectivity index (χ2v) is 24.9. The van der Waals surface area contributed by atoms with E-state index in [1.807, 2.05) is 48.9 Å². The molecule has 0 bridgehead atoms. The maximum atomic E-state index is 14.3. The molecule has 0 aliphatic heterocycles. The van der Waals surface area contributed by atoms with Gasteiger partial charge in [-0.1, -0.05) is 50.6 Å². The Morgan fingerprint density at radius 3 is 2.18 bits per heavy atom. The van der Waals surface area contributed by atoms with Gasteiger partial charge in [0.15, 0.2) is 0 Å². The highest BCUT2D eigenvalue weighted by atomic mass is 32.1. The Kier molecular flexibility index (Phi) is 21.6. The molecule has 0 spiro atoms. The van der Waals surface area contributed by atoms with Gasteiger partial charge in [0, 0.05) is 65.5 Å². The number of thiazole rings is 6. The number of hydrogen-bond acceptors (Lipinski definition) is 22. The van der Waals surface area contributed by atoms with Gasteiger partial charge in [-0.25, -0.2) is 39.7 Å². The molecular weight excluding hydrogens is 1200 g/mol. The summed E-state index contributed by atoms with van der Waals surface area (Å²) < 4.78 is 10.4. The van der Waals surface area contributed by atoms with E-state index >= 15 is 0 Å². The number of aliphatic carboxylic acids is 1. The fourth-order valence-electron chi connectivity index (χ4n) is 8.39. The third-order valence-electron chi connectivity index (χ3n) is 12.7. The number of benzene rings is 1. The van der Waals surface area contributed by atoms with E-state index in [-0.39, 0.29) is 54.0 Å². The van der Waals surface area contributed by atoms with E-state index in [0.717, 1.165) is 34.9 Å². The van der Waals surface area contributed by atoms with Crippen LogP contribution in [0.15, 0.2) is 64.0 Å². The molecule has 0 radical (unpaired) electrons. The normalized spacial score (nSPS) is 11.9. The van der Waals surface area contributed by atoms with Crippen LogP contribution in [0.1, 0.15) is 120 Å². The first-order valence-corrected chi connectivity index (χ1v) is 31.4. The highest BCUT2D eigenvalue weighted by Crippen LogP contribution is 2.39. The third-order valence-corrected chi connectivity index (χ3v) is 18.4. The van der Waals surface area contributed by atoms with Crippen molar-refractivity contribution >= 4 is 115 Å². The fraction of sp³-hybridized carbons (Fsp3) is 0.345. The number of ether oxygens (including phenoxy) is 2. The van der Waals surface area contributed by atoms with Crippen LogP contribution in [0.25, 0.3) is 43.4 Å². The molecule has 7 heterocycles. The Morgan fingerprint density at radius 1 is 0.714 bits per heavy atom. The third kappa shape index (κ3) is 15.9. The lowest BCUT2D eigenvalue weighted by molar-refractivity contribution is -0.137. The van der Waals surface area contributed by atoms with Crippen molar-refractivity contribution in [3.05, 3.63) is 111 Å². The van der Waals surface area contributed by atoms with Crippen molar-refractivity contribution in [3.8, 4) is 43.4 Å². The Bertz CT molecular complexity index is 3650. The summed E-state index contributed by atoms with van der Waals surface area (Å²) in [5.74, 6) is -3.67. The summed E-state index contributed by atoms with van der Waals surface area (Å²) >= 11 is 7.76. The molecule has 0 saturated heterocycles. The lowest BCUT2D eigenvalue weighted by atomic mass is 10.0. The molecule has 0 aliphatic rings. The molecule has 7 aromatic heterocycles. The van der Waals surface area contributed by atoms with Crippen molar-refractivity contribution in [2.45, 2.75) is 84.4 Å². The molecular formula is C55H59N13O10S6. The SMILES string of the molecule is CNC(=O)C[C@H](NC(=O)c1csc(-c2ccc(-c3nc(N(CCCCCC(=O)O)C(=O)OC)cs3)nc2-c2csc(-c3csc(CCc4ccccc4)n3)n2)n1)c1nc(C(=O)NC(c2nc(C(=O)NCC(N)=O)c(COC)s2)C(C)C)c(C)s1. The average molecular weight is 1250 g/mol. The van der Waals surface area contributed by atoms with Crippen molar-refractivity contribution in [3.63, 3.8) is 0 Å². The van der Waals surface area contributed by atoms with Gasteiger partial charge in [0.1, 0.15) is 65.0 Å². The van der Waals surface area contributed by atoms with Crippen molar-refractivity contribution in [1.29, 1.82) is 0 Å². The molecule has 29 heteroatoms. The van der Waals surface area contributed by atoms with Gasteiger partial charge in [-0.15, -0.1) is 68.0 Å². The van der Waals surface area contributed by atoms with Crippen LogP contribution in [-0.4, -0.2) is 116 Å². The zero-order valence-corrected chi connectivity index (χ0v) is 51.3. The number of carboxylic acid groups (broad SMARTS) is 1. The van der Waals surface area contributed by atoms with Crippen LogP contribution in [0.3, 0.4) is 0 Å². The van der Waals surface area contributed by atoms with Crippen LogP contribution in [0.5, 0.6) is 0 Å². The topological polar surface area (TPSA) is 326 Å². The monoisotopic (exact) mass is 1250 g/mol. The van der Waals surface area contributed by atoms with E-state index < -0.39 is 60.2 Å². The number of nitrogens with two attached hydrogens (primary N) is 1. The van der Waals surface area contributed by atoms with Gasteiger partial charge in [-0.05, 0) is 49.8 Å². The minimum absolute atomic E-state index is 0.0281. The molecule has 6 amide bonds. The summed E-state index contributed by atoms with van der Waals surface area (Å²) in [5, 5.41) is 30.5. The fourth-order valence-corrected chi connectivity index (χ4v) is 13.8. The van der Waals surface area contributed by atoms with Crippen molar-refractivity contribution in [2.24, 2.45) is 11.7 Å². The Labute approximate surface area is 506 Å². The minimum Gasteiger partial charge on any atom is -0.481 e. The lowest BCUT2D eigenvalue weighted by Crippen LogP contribution is -2.34. The molecule has 0 aliphatic carbocycles. The minimum atomic E-state index is -0.990. The molecule has 1 unspecified atom stereocenters. The number of hydrogen-bond donors (Lipinski definition) is 6. The Morgan fingerprint density at radius 2 is 1.45 bits per heavy atom. The maximum absolute atomic E-state index is 14.3. The molecule has 2 atom stereocenters. The van der Waals surface area contributed by atoms with Crippen molar-refractivity contribution < 1.29 is 48.1 Å². The summed E-state index contributed by atoms with van der Waals surface area (Å²) in [6.45, 7) is 5.37. The van der Waals surface area contributed by atoms with Gasteiger partial charge >= 0.3 is 12.1 Å². The van der Waals surface area contributed by atoms with E-state index in [0.29, 0.717) is 77.5 Å². The number of primary amides is 1. The van der Waals surface area contributed by atoms with Crippen LogP contribution in [0.2, 0.25) is 0 Å². The molecule has 7 N–H and O–H groups in total.